The molecule has 0 aromatic rings. The molecule has 2 atom stereocenters. The van der Waals surface area contributed by atoms with Crippen LogP contribution in [0.15, 0.2) is 12.3 Å². The van der Waals surface area contributed by atoms with Crippen LogP contribution in [0.25, 0.3) is 0 Å². The van der Waals surface area contributed by atoms with Crippen LogP contribution in [-0.4, -0.2) is 6.04 Å². The SMILES string of the molecule is C=C(NC(CC)C1(C)CC(C)C1)C(C)C(C)C. The van der Waals surface area contributed by atoms with Crippen molar-refractivity contribution in [1.82, 2.24) is 5.32 Å². The Kier molecular flexibility index (Phi) is 4.69. The second-order valence-corrected chi connectivity index (χ2v) is 6.83. The van der Waals surface area contributed by atoms with E-state index >= 15 is 0 Å². The summed E-state index contributed by atoms with van der Waals surface area (Å²) in [6, 6.07) is 0.604. The fourth-order valence-corrected chi connectivity index (χ4v) is 3.34. The third kappa shape index (κ3) is 3.26. The van der Waals surface area contributed by atoms with Gasteiger partial charge in [-0.1, -0.05) is 48.1 Å². The molecule has 1 rings (SSSR count). The summed E-state index contributed by atoms with van der Waals surface area (Å²) in [4.78, 5) is 0. The van der Waals surface area contributed by atoms with Crippen LogP contribution in [-0.2, 0) is 0 Å². The zero-order valence-electron chi connectivity index (χ0n) is 12.6. The third-order valence-electron chi connectivity index (χ3n) is 4.79. The van der Waals surface area contributed by atoms with E-state index in [1.807, 2.05) is 0 Å². The second kappa shape index (κ2) is 5.46. The summed E-state index contributed by atoms with van der Waals surface area (Å²) in [6.45, 7) is 18.1. The molecule has 1 heteroatoms. The molecule has 0 spiro atoms. The first-order valence-corrected chi connectivity index (χ1v) is 7.25. The van der Waals surface area contributed by atoms with E-state index in [-0.39, 0.29) is 0 Å². The fourth-order valence-electron chi connectivity index (χ4n) is 3.34. The molecule has 0 bridgehead atoms. The maximum atomic E-state index is 4.24. The number of allylic oxidation sites excluding steroid dienone is 1. The Morgan fingerprint density at radius 3 is 2.24 bits per heavy atom. The minimum atomic E-state index is 0.494. The van der Waals surface area contributed by atoms with Crippen molar-refractivity contribution in [3.05, 3.63) is 12.3 Å². The van der Waals surface area contributed by atoms with Crippen LogP contribution < -0.4 is 5.32 Å². The molecule has 17 heavy (non-hydrogen) atoms. The van der Waals surface area contributed by atoms with Gasteiger partial charge in [-0.15, -0.1) is 0 Å². The number of nitrogens with one attached hydrogen (secondary N) is 1. The Balaban J connectivity index is 2.56. The van der Waals surface area contributed by atoms with Crippen molar-refractivity contribution in [2.75, 3.05) is 0 Å². The van der Waals surface area contributed by atoms with E-state index in [1.165, 1.54) is 25.0 Å². The van der Waals surface area contributed by atoms with E-state index in [1.54, 1.807) is 0 Å². The van der Waals surface area contributed by atoms with Gasteiger partial charge in [0.15, 0.2) is 0 Å². The number of hydrogen-bond donors (Lipinski definition) is 1. The van der Waals surface area contributed by atoms with E-state index < -0.39 is 0 Å². The molecule has 100 valence electrons. The highest BCUT2D eigenvalue weighted by molar-refractivity contribution is 5.05. The molecule has 1 aliphatic rings. The van der Waals surface area contributed by atoms with E-state index in [9.17, 15) is 0 Å². The van der Waals surface area contributed by atoms with Crippen molar-refractivity contribution in [2.45, 2.75) is 66.8 Å². The van der Waals surface area contributed by atoms with Crippen molar-refractivity contribution in [3.63, 3.8) is 0 Å². The average Bonchev–Trinajstić information content (AvgIpc) is 2.21. The predicted molar refractivity (Wildman–Crippen MR) is 76.9 cm³/mol. The van der Waals surface area contributed by atoms with E-state index in [4.69, 9.17) is 0 Å². The lowest BCUT2D eigenvalue weighted by Gasteiger charge is -2.50. The van der Waals surface area contributed by atoms with Crippen molar-refractivity contribution < 1.29 is 0 Å². The lowest BCUT2D eigenvalue weighted by Crippen LogP contribution is -2.50. The molecule has 1 aliphatic carbocycles. The summed E-state index contributed by atoms with van der Waals surface area (Å²) in [6.07, 6.45) is 3.93. The van der Waals surface area contributed by atoms with E-state index in [2.05, 4.69) is 53.4 Å². The first-order chi connectivity index (χ1) is 7.80. The Morgan fingerprint density at radius 2 is 1.88 bits per heavy atom. The van der Waals surface area contributed by atoms with Gasteiger partial charge in [0.05, 0.1) is 0 Å². The van der Waals surface area contributed by atoms with Crippen LogP contribution in [0.3, 0.4) is 0 Å². The van der Waals surface area contributed by atoms with Gasteiger partial charge in [0.25, 0.3) is 0 Å². The summed E-state index contributed by atoms with van der Waals surface area (Å²) in [7, 11) is 0. The molecule has 0 heterocycles. The van der Waals surface area contributed by atoms with Gasteiger partial charge in [0.2, 0.25) is 0 Å². The number of rotatable bonds is 6. The molecule has 1 nitrogen and oxygen atoms in total. The summed E-state index contributed by atoms with van der Waals surface area (Å²) in [5.74, 6) is 2.14. The van der Waals surface area contributed by atoms with Crippen LogP contribution in [0.5, 0.6) is 0 Å². The molecule has 1 saturated carbocycles. The third-order valence-corrected chi connectivity index (χ3v) is 4.79. The summed E-state index contributed by atoms with van der Waals surface area (Å²) in [5, 5.41) is 3.72. The van der Waals surface area contributed by atoms with Crippen LogP contribution in [0, 0.1) is 23.2 Å². The average molecular weight is 237 g/mol. The zero-order chi connectivity index (χ0) is 13.2. The van der Waals surface area contributed by atoms with Crippen LogP contribution in [0.2, 0.25) is 0 Å². The van der Waals surface area contributed by atoms with Crippen LogP contribution in [0.1, 0.15) is 60.8 Å². The molecule has 0 saturated heterocycles. The molecular weight excluding hydrogens is 206 g/mol. The summed E-state index contributed by atoms with van der Waals surface area (Å²) >= 11 is 0. The van der Waals surface area contributed by atoms with Gasteiger partial charge < -0.3 is 5.32 Å². The molecule has 0 aromatic heterocycles. The van der Waals surface area contributed by atoms with Gasteiger partial charge in [-0.25, -0.2) is 0 Å². The van der Waals surface area contributed by atoms with Crippen molar-refractivity contribution in [1.29, 1.82) is 0 Å². The zero-order valence-corrected chi connectivity index (χ0v) is 12.6. The monoisotopic (exact) mass is 237 g/mol. The molecular formula is C16H31N. The van der Waals surface area contributed by atoms with Gasteiger partial charge in [-0.05, 0) is 42.4 Å². The summed E-state index contributed by atoms with van der Waals surface area (Å²) < 4.78 is 0. The highest BCUT2D eigenvalue weighted by Gasteiger charge is 2.43. The van der Waals surface area contributed by atoms with E-state index in [0.29, 0.717) is 23.3 Å². The first-order valence-electron chi connectivity index (χ1n) is 7.25. The molecule has 0 aromatic carbocycles. The Morgan fingerprint density at radius 1 is 1.35 bits per heavy atom. The largest absolute Gasteiger partial charge is 0.385 e. The lowest BCUT2D eigenvalue weighted by atomic mass is 9.59. The van der Waals surface area contributed by atoms with Crippen molar-refractivity contribution in [3.8, 4) is 0 Å². The molecule has 1 N–H and O–H groups in total. The molecule has 0 amide bonds. The predicted octanol–water partition coefficient (Wildman–Crippen LogP) is 4.60. The fraction of sp³-hybridized carbons (Fsp3) is 0.875. The normalized spacial score (nSPS) is 31.8. The van der Waals surface area contributed by atoms with Gasteiger partial charge >= 0.3 is 0 Å². The Bertz CT molecular complexity index is 261. The van der Waals surface area contributed by atoms with E-state index in [0.717, 1.165) is 5.92 Å². The molecule has 0 radical (unpaired) electrons. The first kappa shape index (κ1) is 14.6. The molecule has 1 fully saturated rings. The van der Waals surface area contributed by atoms with Gasteiger partial charge in [-0.3, -0.25) is 0 Å². The molecule has 0 aliphatic heterocycles. The van der Waals surface area contributed by atoms with Crippen LogP contribution >= 0.6 is 0 Å². The van der Waals surface area contributed by atoms with Gasteiger partial charge in [-0.2, -0.15) is 0 Å². The topological polar surface area (TPSA) is 12.0 Å². The summed E-state index contributed by atoms with van der Waals surface area (Å²) in [5.41, 5.74) is 1.72. The molecule has 2 unspecified atom stereocenters. The Hall–Kier alpha value is -0.460. The second-order valence-electron chi connectivity index (χ2n) is 6.83. The minimum Gasteiger partial charge on any atom is -0.385 e. The maximum Gasteiger partial charge on any atom is 0.0309 e. The van der Waals surface area contributed by atoms with Gasteiger partial charge in [0.1, 0.15) is 0 Å². The Labute approximate surface area is 108 Å². The lowest BCUT2D eigenvalue weighted by molar-refractivity contribution is 0.0419. The van der Waals surface area contributed by atoms with Crippen molar-refractivity contribution >= 4 is 0 Å². The van der Waals surface area contributed by atoms with Crippen LogP contribution in [0.4, 0.5) is 0 Å². The standard InChI is InChI=1S/C16H31N/c1-8-15(16(7)9-12(4)10-16)17-14(6)13(5)11(2)3/h11-13,15,17H,6,8-10H2,1-5,7H3. The quantitative estimate of drug-likeness (QED) is 0.712. The van der Waals surface area contributed by atoms with Gasteiger partial charge in [0, 0.05) is 11.7 Å². The number of hydrogen-bond acceptors (Lipinski definition) is 1. The smallest absolute Gasteiger partial charge is 0.0309 e. The van der Waals surface area contributed by atoms with Crippen molar-refractivity contribution in [2.24, 2.45) is 23.2 Å². The highest BCUT2D eigenvalue weighted by Crippen LogP contribution is 2.48. The minimum absolute atomic E-state index is 0.494. The highest BCUT2D eigenvalue weighted by atomic mass is 15.0. The maximum absolute atomic E-state index is 4.24.